The van der Waals surface area contributed by atoms with Crippen molar-refractivity contribution in [1.29, 1.82) is 0 Å². The average molecular weight is 417 g/mol. The molecule has 0 radical (unpaired) electrons. The highest BCUT2D eigenvalue weighted by Gasteiger charge is 2.28. The van der Waals surface area contributed by atoms with Crippen LogP contribution in [0.3, 0.4) is 0 Å². The normalized spacial score (nSPS) is 27.2. The summed E-state index contributed by atoms with van der Waals surface area (Å²) in [5, 5.41) is 2.96. The fraction of sp³-hybridized carbons (Fsp3) is 0.526. The lowest BCUT2D eigenvalue weighted by molar-refractivity contribution is 0.441. The monoisotopic (exact) mass is 416 g/mol. The standard InChI is InChI=1S/C19H29FN10/c20-15-3-1-2-4-16(15)25-17-26-18(29-7-11(21)5-12(22)8-29)28-19(27-17)30-9-13(23)6-14(24)10-30/h1-4,11-14H,5-10,21-24H2,(H,25,26,27,28)/t11-,12+,13-,14+. The van der Waals surface area contributed by atoms with Crippen LogP contribution < -0.4 is 38.1 Å². The van der Waals surface area contributed by atoms with Crippen molar-refractivity contribution < 1.29 is 4.39 Å². The molecule has 3 heterocycles. The highest BCUT2D eigenvalue weighted by molar-refractivity contribution is 5.57. The van der Waals surface area contributed by atoms with E-state index >= 15 is 0 Å². The summed E-state index contributed by atoms with van der Waals surface area (Å²) in [6.45, 7) is 2.31. The predicted octanol–water partition coefficient (Wildman–Crippen LogP) is -0.516. The second-order valence-corrected chi connectivity index (χ2v) is 8.19. The van der Waals surface area contributed by atoms with Crippen LogP contribution in [0.2, 0.25) is 0 Å². The number of aromatic nitrogens is 3. The van der Waals surface area contributed by atoms with Gasteiger partial charge in [-0.05, 0) is 25.0 Å². The Morgan fingerprint density at radius 1 is 0.767 bits per heavy atom. The van der Waals surface area contributed by atoms with Crippen LogP contribution in [0, 0.1) is 5.82 Å². The molecule has 2 aliphatic heterocycles. The van der Waals surface area contributed by atoms with Crippen molar-refractivity contribution in [2.24, 2.45) is 22.9 Å². The lowest BCUT2D eigenvalue weighted by atomic mass is 10.0. The van der Waals surface area contributed by atoms with Gasteiger partial charge in [0, 0.05) is 50.3 Å². The number of piperidine rings is 2. The van der Waals surface area contributed by atoms with Crippen molar-refractivity contribution in [1.82, 2.24) is 15.0 Å². The molecule has 0 aliphatic carbocycles. The van der Waals surface area contributed by atoms with Gasteiger partial charge in [0.1, 0.15) is 5.82 Å². The lowest BCUT2D eigenvalue weighted by Gasteiger charge is -2.37. The van der Waals surface area contributed by atoms with E-state index in [0.717, 1.165) is 12.8 Å². The van der Waals surface area contributed by atoms with E-state index in [4.69, 9.17) is 22.9 Å². The van der Waals surface area contributed by atoms with Crippen LogP contribution in [0.15, 0.2) is 24.3 Å². The van der Waals surface area contributed by atoms with Gasteiger partial charge < -0.3 is 38.1 Å². The fourth-order valence-electron chi connectivity index (χ4n) is 4.06. The van der Waals surface area contributed by atoms with Crippen molar-refractivity contribution in [3.63, 3.8) is 0 Å². The molecule has 30 heavy (non-hydrogen) atoms. The third-order valence-corrected chi connectivity index (χ3v) is 5.33. The zero-order valence-corrected chi connectivity index (χ0v) is 16.8. The van der Waals surface area contributed by atoms with Crippen molar-refractivity contribution in [3.05, 3.63) is 30.1 Å². The Kier molecular flexibility index (Phi) is 5.95. The maximum Gasteiger partial charge on any atom is 0.233 e. The number of nitrogens with two attached hydrogens (primary N) is 4. The van der Waals surface area contributed by atoms with Crippen molar-refractivity contribution >= 4 is 23.5 Å². The molecule has 10 nitrogen and oxygen atoms in total. The Bertz CT molecular complexity index is 816. The van der Waals surface area contributed by atoms with E-state index < -0.39 is 5.82 Å². The van der Waals surface area contributed by atoms with E-state index in [1.165, 1.54) is 6.07 Å². The maximum absolute atomic E-state index is 14.2. The van der Waals surface area contributed by atoms with Crippen molar-refractivity contribution in [2.75, 3.05) is 41.3 Å². The molecule has 162 valence electrons. The molecule has 2 aliphatic rings. The molecule has 0 bridgehead atoms. The van der Waals surface area contributed by atoms with Crippen LogP contribution >= 0.6 is 0 Å². The second-order valence-electron chi connectivity index (χ2n) is 8.19. The maximum atomic E-state index is 14.2. The first-order chi connectivity index (χ1) is 14.4. The summed E-state index contributed by atoms with van der Waals surface area (Å²) in [7, 11) is 0. The first kappa shape index (κ1) is 20.7. The Hall–Kier alpha value is -2.60. The number of nitrogens with one attached hydrogen (secondary N) is 1. The molecule has 1 aromatic carbocycles. The Labute approximate surface area is 174 Å². The molecule has 9 N–H and O–H groups in total. The van der Waals surface area contributed by atoms with E-state index in [0.29, 0.717) is 38.1 Å². The number of anilines is 4. The zero-order valence-electron chi connectivity index (χ0n) is 16.8. The molecule has 2 aromatic rings. The van der Waals surface area contributed by atoms with E-state index in [9.17, 15) is 4.39 Å². The van der Waals surface area contributed by atoms with Gasteiger partial charge in [0.05, 0.1) is 5.69 Å². The van der Waals surface area contributed by atoms with Gasteiger partial charge in [-0.3, -0.25) is 0 Å². The van der Waals surface area contributed by atoms with Gasteiger partial charge in [0.15, 0.2) is 0 Å². The highest BCUT2D eigenvalue weighted by Crippen LogP contribution is 2.24. The van der Waals surface area contributed by atoms with Crippen LogP contribution in [0.4, 0.5) is 27.9 Å². The van der Waals surface area contributed by atoms with Crippen LogP contribution in [0.1, 0.15) is 12.8 Å². The van der Waals surface area contributed by atoms with E-state index in [1.807, 2.05) is 9.80 Å². The van der Waals surface area contributed by atoms with Crippen LogP contribution in [-0.4, -0.2) is 65.3 Å². The molecular weight excluding hydrogens is 387 g/mol. The minimum Gasteiger partial charge on any atom is -0.338 e. The van der Waals surface area contributed by atoms with Crippen molar-refractivity contribution in [3.8, 4) is 0 Å². The molecule has 1 aromatic heterocycles. The molecule has 0 saturated carbocycles. The molecule has 2 fully saturated rings. The summed E-state index contributed by atoms with van der Waals surface area (Å²) in [6, 6.07) is 6.05. The predicted molar refractivity (Wildman–Crippen MR) is 115 cm³/mol. The van der Waals surface area contributed by atoms with Gasteiger partial charge >= 0.3 is 0 Å². The number of nitrogens with zero attached hydrogens (tertiary/aromatic N) is 5. The number of halogens is 1. The zero-order chi connectivity index (χ0) is 21.3. The largest absolute Gasteiger partial charge is 0.338 e. The fourth-order valence-corrected chi connectivity index (χ4v) is 4.06. The van der Waals surface area contributed by atoms with Crippen LogP contribution in [0.25, 0.3) is 0 Å². The van der Waals surface area contributed by atoms with E-state index in [-0.39, 0.29) is 35.8 Å². The first-order valence-electron chi connectivity index (χ1n) is 10.2. The van der Waals surface area contributed by atoms with Gasteiger partial charge in [0.25, 0.3) is 0 Å². The SMILES string of the molecule is N[C@@H]1C[C@H](N)CN(c2nc(Nc3ccccc3F)nc(N3C[C@H](N)C[C@H](N)C3)n2)C1. The average Bonchev–Trinajstić information content (AvgIpc) is 2.68. The highest BCUT2D eigenvalue weighted by atomic mass is 19.1. The van der Waals surface area contributed by atoms with Gasteiger partial charge in [-0.2, -0.15) is 15.0 Å². The van der Waals surface area contributed by atoms with Gasteiger partial charge in [-0.1, -0.05) is 12.1 Å². The lowest BCUT2D eigenvalue weighted by Crippen LogP contribution is -2.54. The van der Waals surface area contributed by atoms with Gasteiger partial charge in [-0.25, -0.2) is 4.39 Å². The molecule has 0 amide bonds. The number of rotatable bonds is 4. The third-order valence-electron chi connectivity index (χ3n) is 5.33. The Morgan fingerprint density at radius 2 is 1.23 bits per heavy atom. The Morgan fingerprint density at radius 3 is 1.70 bits per heavy atom. The quantitative estimate of drug-likeness (QED) is 0.439. The van der Waals surface area contributed by atoms with E-state index in [2.05, 4.69) is 20.3 Å². The number of para-hydroxylation sites is 1. The number of benzene rings is 1. The molecule has 4 atom stereocenters. The smallest absolute Gasteiger partial charge is 0.233 e. The van der Waals surface area contributed by atoms with Crippen LogP contribution in [-0.2, 0) is 0 Å². The summed E-state index contributed by atoms with van der Waals surface area (Å²) in [5.41, 5.74) is 24.9. The minimum atomic E-state index is -0.398. The molecule has 2 saturated heterocycles. The first-order valence-corrected chi connectivity index (χ1v) is 10.2. The van der Waals surface area contributed by atoms with Crippen LogP contribution in [0.5, 0.6) is 0 Å². The van der Waals surface area contributed by atoms with E-state index in [1.54, 1.807) is 18.2 Å². The van der Waals surface area contributed by atoms with Gasteiger partial charge in [0.2, 0.25) is 17.8 Å². The second kappa shape index (κ2) is 8.64. The summed E-state index contributed by atoms with van der Waals surface area (Å²) >= 11 is 0. The molecule has 0 unspecified atom stereocenters. The molecule has 11 heteroatoms. The molecular formula is C19H29FN10. The minimum absolute atomic E-state index is 0.0752. The number of hydrogen-bond acceptors (Lipinski definition) is 10. The topological polar surface area (TPSA) is 161 Å². The van der Waals surface area contributed by atoms with Crippen molar-refractivity contribution in [2.45, 2.75) is 37.0 Å². The summed E-state index contributed by atoms with van der Waals surface area (Å²) in [6.07, 6.45) is 1.48. The summed E-state index contributed by atoms with van der Waals surface area (Å²) < 4.78 is 14.2. The number of hydrogen-bond donors (Lipinski definition) is 5. The third kappa shape index (κ3) is 4.75. The molecule has 4 rings (SSSR count). The molecule has 0 spiro atoms. The van der Waals surface area contributed by atoms with Gasteiger partial charge in [-0.15, -0.1) is 0 Å². The summed E-state index contributed by atoms with van der Waals surface area (Å²) in [5.74, 6) is 0.722. The Balaban J connectivity index is 1.69. The summed E-state index contributed by atoms with van der Waals surface area (Å²) in [4.78, 5) is 17.6.